The standard InChI is InChI=1S/C20H24N2O4S/c1-20(2,3)22-27(24,25)18-11-7-4-8-14(18)12-21-19(23)16-13-26-17-10-6-5-9-15(16)17/h4-11,16,22H,12-13H2,1-3H3,(H,21,23). The minimum absolute atomic E-state index is 0.124. The number of nitrogens with one attached hydrogen (secondary N) is 2. The summed E-state index contributed by atoms with van der Waals surface area (Å²) >= 11 is 0. The van der Waals surface area contributed by atoms with Gasteiger partial charge in [0, 0.05) is 17.6 Å². The number of hydrogen-bond donors (Lipinski definition) is 2. The van der Waals surface area contributed by atoms with Gasteiger partial charge in [-0.05, 0) is 38.5 Å². The summed E-state index contributed by atoms with van der Waals surface area (Å²) in [5.74, 6) is 0.142. The highest BCUT2D eigenvalue weighted by Gasteiger charge is 2.30. The summed E-state index contributed by atoms with van der Waals surface area (Å²) in [4.78, 5) is 12.8. The van der Waals surface area contributed by atoms with Crippen LogP contribution in [0.3, 0.4) is 0 Å². The lowest BCUT2D eigenvalue weighted by atomic mass is 10.0. The smallest absolute Gasteiger partial charge is 0.241 e. The monoisotopic (exact) mass is 388 g/mol. The molecule has 2 aromatic rings. The number of ether oxygens (including phenoxy) is 1. The van der Waals surface area contributed by atoms with Gasteiger partial charge >= 0.3 is 0 Å². The van der Waals surface area contributed by atoms with E-state index in [1.54, 1.807) is 45.0 Å². The third kappa shape index (κ3) is 4.48. The summed E-state index contributed by atoms with van der Waals surface area (Å²) in [6.07, 6.45) is 0. The number of rotatable bonds is 5. The molecule has 7 heteroatoms. The fourth-order valence-corrected chi connectivity index (χ4v) is 4.71. The van der Waals surface area contributed by atoms with Crippen LogP contribution in [0.2, 0.25) is 0 Å². The number of benzene rings is 2. The van der Waals surface area contributed by atoms with Crippen molar-refractivity contribution >= 4 is 15.9 Å². The van der Waals surface area contributed by atoms with Gasteiger partial charge in [0.1, 0.15) is 18.3 Å². The van der Waals surface area contributed by atoms with Crippen molar-refractivity contribution < 1.29 is 17.9 Å². The maximum atomic E-state index is 12.7. The molecule has 0 fully saturated rings. The van der Waals surface area contributed by atoms with Gasteiger partial charge in [-0.15, -0.1) is 0 Å². The van der Waals surface area contributed by atoms with Crippen LogP contribution in [0.4, 0.5) is 0 Å². The summed E-state index contributed by atoms with van der Waals surface area (Å²) in [7, 11) is -3.69. The molecule has 1 unspecified atom stereocenters. The highest BCUT2D eigenvalue weighted by Crippen LogP contribution is 2.33. The predicted octanol–water partition coefficient (Wildman–Crippen LogP) is 2.56. The molecule has 3 rings (SSSR count). The SMILES string of the molecule is CC(C)(C)NS(=O)(=O)c1ccccc1CNC(=O)C1COc2ccccc21. The van der Waals surface area contributed by atoms with Crippen molar-refractivity contribution in [2.24, 2.45) is 0 Å². The molecule has 0 saturated carbocycles. The third-order valence-electron chi connectivity index (χ3n) is 4.17. The molecule has 0 aliphatic carbocycles. The number of fused-ring (bicyclic) bond motifs is 1. The molecule has 0 saturated heterocycles. The van der Waals surface area contributed by atoms with E-state index in [1.807, 2.05) is 24.3 Å². The summed E-state index contributed by atoms with van der Waals surface area (Å²) < 4.78 is 33.6. The molecule has 1 atom stereocenters. The molecule has 0 aromatic heterocycles. The molecule has 1 amide bonds. The molecule has 1 aliphatic heterocycles. The number of amides is 1. The average molecular weight is 388 g/mol. The number of carbonyl (C=O) groups excluding carboxylic acids is 1. The normalized spacial score (nSPS) is 16.5. The number of sulfonamides is 1. The van der Waals surface area contributed by atoms with Crippen molar-refractivity contribution in [1.82, 2.24) is 10.0 Å². The molecule has 2 N–H and O–H groups in total. The minimum atomic E-state index is -3.69. The van der Waals surface area contributed by atoms with E-state index in [2.05, 4.69) is 10.0 Å². The van der Waals surface area contributed by atoms with E-state index in [9.17, 15) is 13.2 Å². The first-order valence-corrected chi connectivity index (χ1v) is 10.3. The van der Waals surface area contributed by atoms with Crippen molar-refractivity contribution in [3.63, 3.8) is 0 Å². The van der Waals surface area contributed by atoms with Gasteiger partial charge in [0.05, 0.1) is 4.90 Å². The fourth-order valence-electron chi connectivity index (χ4n) is 3.06. The van der Waals surface area contributed by atoms with Crippen molar-refractivity contribution in [1.29, 1.82) is 0 Å². The number of para-hydroxylation sites is 1. The Labute approximate surface area is 160 Å². The summed E-state index contributed by atoms with van der Waals surface area (Å²) in [5, 5.41) is 2.85. The van der Waals surface area contributed by atoms with Gasteiger partial charge in [0.2, 0.25) is 15.9 Å². The maximum absolute atomic E-state index is 12.7. The van der Waals surface area contributed by atoms with Gasteiger partial charge in [-0.3, -0.25) is 4.79 Å². The molecular weight excluding hydrogens is 364 g/mol. The Morgan fingerprint density at radius 3 is 2.52 bits per heavy atom. The lowest BCUT2D eigenvalue weighted by Gasteiger charge is -2.21. The maximum Gasteiger partial charge on any atom is 0.241 e. The zero-order valence-corrected chi connectivity index (χ0v) is 16.5. The van der Waals surface area contributed by atoms with Gasteiger partial charge in [-0.1, -0.05) is 36.4 Å². The van der Waals surface area contributed by atoms with Crippen molar-refractivity contribution in [3.8, 4) is 5.75 Å². The van der Waals surface area contributed by atoms with Crippen LogP contribution < -0.4 is 14.8 Å². The second-order valence-corrected chi connectivity index (χ2v) is 9.23. The van der Waals surface area contributed by atoms with Crippen LogP contribution in [0.1, 0.15) is 37.8 Å². The Hall–Kier alpha value is -2.38. The first-order valence-electron chi connectivity index (χ1n) is 8.79. The molecule has 2 aromatic carbocycles. The summed E-state index contributed by atoms with van der Waals surface area (Å²) in [6, 6.07) is 14.1. The number of hydrogen-bond acceptors (Lipinski definition) is 4. The van der Waals surface area contributed by atoms with Crippen molar-refractivity contribution in [3.05, 3.63) is 59.7 Å². The van der Waals surface area contributed by atoms with Crippen LogP contribution in [-0.4, -0.2) is 26.5 Å². The minimum Gasteiger partial charge on any atom is -0.492 e. The Bertz CT molecular complexity index is 948. The van der Waals surface area contributed by atoms with Crippen LogP contribution in [0.15, 0.2) is 53.4 Å². The third-order valence-corrected chi connectivity index (χ3v) is 6.03. The lowest BCUT2D eigenvalue weighted by Crippen LogP contribution is -2.41. The molecule has 1 aliphatic rings. The van der Waals surface area contributed by atoms with Crippen molar-refractivity contribution in [2.45, 2.75) is 43.7 Å². The second-order valence-electron chi connectivity index (χ2n) is 7.58. The zero-order chi connectivity index (χ0) is 19.7. The Kier molecular flexibility index (Phi) is 5.26. The highest BCUT2D eigenvalue weighted by molar-refractivity contribution is 7.89. The molecule has 6 nitrogen and oxygen atoms in total. The Morgan fingerprint density at radius 1 is 1.11 bits per heavy atom. The molecule has 27 heavy (non-hydrogen) atoms. The van der Waals surface area contributed by atoms with E-state index in [4.69, 9.17) is 4.74 Å². The first kappa shape index (κ1) is 19.4. The van der Waals surface area contributed by atoms with Crippen LogP contribution in [0.5, 0.6) is 5.75 Å². The van der Waals surface area contributed by atoms with E-state index in [0.717, 1.165) is 11.3 Å². The highest BCUT2D eigenvalue weighted by atomic mass is 32.2. The second kappa shape index (κ2) is 7.32. The van der Waals surface area contributed by atoms with Gasteiger partial charge in [-0.25, -0.2) is 13.1 Å². The molecule has 0 radical (unpaired) electrons. The number of carbonyl (C=O) groups is 1. The van der Waals surface area contributed by atoms with Crippen LogP contribution in [0, 0.1) is 0 Å². The quantitative estimate of drug-likeness (QED) is 0.824. The molecule has 144 valence electrons. The molecular formula is C20H24N2O4S. The Morgan fingerprint density at radius 2 is 1.78 bits per heavy atom. The average Bonchev–Trinajstić information content (AvgIpc) is 3.02. The predicted molar refractivity (Wildman–Crippen MR) is 103 cm³/mol. The van der Waals surface area contributed by atoms with Gasteiger partial charge in [-0.2, -0.15) is 0 Å². The van der Waals surface area contributed by atoms with Crippen LogP contribution in [0.25, 0.3) is 0 Å². The molecule has 0 bridgehead atoms. The van der Waals surface area contributed by atoms with E-state index in [0.29, 0.717) is 5.56 Å². The lowest BCUT2D eigenvalue weighted by molar-refractivity contribution is -0.122. The van der Waals surface area contributed by atoms with Crippen LogP contribution in [-0.2, 0) is 21.4 Å². The molecule has 1 heterocycles. The van der Waals surface area contributed by atoms with E-state index >= 15 is 0 Å². The van der Waals surface area contributed by atoms with E-state index < -0.39 is 21.5 Å². The largest absolute Gasteiger partial charge is 0.492 e. The summed E-state index contributed by atoms with van der Waals surface area (Å²) in [5.41, 5.74) is 0.792. The fraction of sp³-hybridized carbons (Fsp3) is 0.350. The Balaban J connectivity index is 1.75. The zero-order valence-electron chi connectivity index (χ0n) is 15.7. The van der Waals surface area contributed by atoms with Gasteiger partial charge < -0.3 is 10.1 Å². The van der Waals surface area contributed by atoms with Crippen molar-refractivity contribution in [2.75, 3.05) is 6.61 Å². The first-order chi connectivity index (χ1) is 12.7. The van der Waals surface area contributed by atoms with Gasteiger partial charge in [0.25, 0.3) is 0 Å². The van der Waals surface area contributed by atoms with Gasteiger partial charge in [0.15, 0.2) is 0 Å². The van der Waals surface area contributed by atoms with E-state index in [1.165, 1.54) is 0 Å². The van der Waals surface area contributed by atoms with E-state index in [-0.39, 0.29) is 24.0 Å². The summed E-state index contributed by atoms with van der Waals surface area (Å²) in [6.45, 7) is 5.76. The molecule has 0 spiro atoms. The topological polar surface area (TPSA) is 84.5 Å². The van der Waals surface area contributed by atoms with Crippen LogP contribution >= 0.6 is 0 Å².